The van der Waals surface area contributed by atoms with E-state index in [1.807, 2.05) is 52.0 Å². The summed E-state index contributed by atoms with van der Waals surface area (Å²) in [5.74, 6) is -0.839. The highest BCUT2D eigenvalue weighted by atomic mass is 16.5. The Morgan fingerprint density at radius 3 is 2.50 bits per heavy atom. The van der Waals surface area contributed by atoms with Gasteiger partial charge in [0.2, 0.25) is 0 Å². The van der Waals surface area contributed by atoms with Crippen LogP contribution in [0.3, 0.4) is 0 Å². The van der Waals surface area contributed by atoms with Gasteiger partial charge in [0.15, 0.2) is 0 Å². The number of fused-ring (bicyclic) bond motifs is 1. The fraction of sp³-hybridized carbons (Fsp3) is 0.568. The second-order valence-corrected chi connectivity index (χ2v) is 13.8. The molecule has 250 valence electrons. The van der Waals surface area contributed by atoms with Gasteiger partial charge in [-0.2, -0.15) is 0 Å². The molecule has 1 N–H and O–H groups in total. The highest BCUT2D eigenvalue weighted by Crippen LogP contribution is 2.35. The van der Waals surface area contributed by atoms with Crippen molar-refractivity contribution < 1.29 is 28.9 Å². The Labute approximate surface area is 273 Å². The van der Waals surface area contributed by atoms with Gasteiger partial charge in [0.05, 0.1) is 25.3 Å². The zero-order chi connectivity index (χ0) is 32.9. The molecule has 0 saturated carbocycles. The van der Waals surface area contributed by atoms with Crippen LogP contribution in [0.2, 0.25) is 0 Å². The Balaban J connectivity index is 1.45. The smallest absolute Gasteiger partial charge is 0.329 e. The number of aromatic nitrogens is 1. The first kappa shape index (κ1) is 34.1. The van der Waals surface area contributed by atoms with Crippen LogP contribution in [-0.4, -0.2) is 89.0 Å². The number of benzene rings is 2. The Hall–Kier alpha value is -3.24. The number of likely N-dealkylation sites (tertiary alicyclic amines) is 1. The summed E-state index contributed by atoms with van der Waals surface area (Å²) in [7, 11) is 0. The summed E-state index contributed by atoms with van der Waals surface area (Å²) in [5.41, 5.74) is 1.68. The summed E-state index contributed by atoms with van der Waals surface area (Å²) >= 11 is 0. The van der Waals surface area contributed by atoms with Crippen molar-refractivity contribution in [1.82, 2.24) is 14.4 Å². The minimum atomic E-state index is -1.62. The Morgan fingerprint density at radius 2 is 1.76 bits per heavy atom. The number of amides is 1. The monoisotopic (exact) mass is 633 g/mol. The van der Waals surface area contributed by atoms with Gasteiger partial charge in [-0.05, 0) is 68.4 Å². The Morgan fingerprint density at radius 1 is 1.00 bits per heavy atom. The van der Waals surface area contributed by atoms with E-state index in [0.717, 1.165) is 60.3 Å². The van der Waals surface area contributed by atoms with Gasteiger partial charge in [0.1, 0.15) is 17.7 Å². The lowest BCUT2D eigenvalue weighted by atomic mass is 9.76. The van der Waals surface area contributed by atoms with Crippen LogP contribution in [0.4, 0.5) is 0 Å². The van der Waals surface area contributed by atoms with Crippen molar-refractivity contribution >= 4 is 22.8 Å². The van der Waals surface area contributed by atoms with Crippen molar-refractivity contribution in [2.45, 2.75) is 84.7 Å². The van der Waals surface area contributed by atoms with Gasteiger partial charge in [-0.25, -0.2) is 4.79 Å². The predicted molar refractivity (Wildman–Crippen MR) is 179 cm³/mol. The van der Waals surface area contributed by atoms with Gasteiger partial charge < -0.3 is 28.8 Å². The van der Waals surface area contributed by atoms with Gasteiger partial charge in [0, 0.05) is 56.0 Å². The molecule has 2 fully saturated rings. The maximum atomic E-state index is 14.0. The topological polar surface area (TPSA) is 93.5 Å². The summed E-state index contributed by atoms with van der Waals surface area (Å²) in [6.45, 7) is 14.4. The molecule has 2 aromatic carbocycles. The number of piperidine rings is 1. The minimum Gasteiger partial charge on any atom is -0.456 e. The van der Waals surface area contributed by atoms with Crippen molar-refractivity contribution in [3.63, 3.8) is 0 Å². The van der Waals surface area contributed by atoms with Gasteiger partial charge in [-0.1, -0.05) is 51.1 Å². The second kappa shape index (κ2) is 14.7. The molecule has 0 spiro atoms. The highest BCUT2D eigenvalue weighted by molar-refractivity contribution is 5.90. The van der Waals surface area contributed by atoms with Crippen molar-refractivity contribution in [2.75, 3.05) is 46.0 Å². The molecular formula is C37H51N3O6. The molecule has 0 radical (unpaired) electrons. The molecule has 3 heterocycles. The number of ether oxygens (including phenoxy) is 3. The molecule has 0 bridgehead atoms. The lowest BCUT2D eigenvalue weighted by molar-refractivity contribution is -0.174. The Kier molecular flexibility index (Phi) is 10.9. The van der Waals surface area contributed by atoms with Crippen LogP contribution in [-0.2, 0) is 30.4 Å². The first-order chi connectivity index (χ1) is 22.0. The predicted octanol–water partition coefficient (Wildman–Crippen LogP) is 5.65. The number of aliphatic hydroxyl groups is 1. The second-order valence-electron chi connectivity index (χ2n) is 13.8. The molecular weight excluding hydrogens is 582 g/mol. The van der Waals surface area contributed by atoms with Crippen LogP contribution in [0.25, 0.3) is 16.6 Å². The number of esters is 1. The molecule has 1 amide bonds. The molecule has 2 aliphatic heterocycles. The van der Waals surface area contributed by atoms with E-state index in [-0.39, 0.29) is 0 Å². The standard InChI is InChI=1S/C37H51N3O6/c1-6-44-26-30-24-27-12-7-8-15-31(27)40(30)29-14-11-13-28(25-29)33(17-19-38-20-22-45-23-21-38)46-34(41)32-16-9-10-18-39(32)35(42)37(5,43)36(2,3)4/h7-8,11-15,24-25,32-33,43H,6,9-10,16-23,26H2,1-5H3/t32?,33-,37?/m1/s1. The largest absolute Gasteiger partial charge is 0.456 e. The molecule has 5 rings (SSSR count). The lowest BCUT2D eigenvalue weighted by Crippen LogP contribution is -2.59. The maximum absolute atomic E-state index is 14.0. The summed E-state index contributed by atoms with van der Waals surface area (Å²) < 4.78 is 20.0. The number of hydrogen-bond acceptors (Lipinski definition) is 7. The number of nitrogens with zero attached hydrogens (tertiary/aromatic N) is 3. The number of morpholine rings is 1. The molecule has 46 heavy (non-hydrogen) atoms. The van der Waals surface area contributed by atoms with Crippen LogP contribution >= 0.6 is 0 Å². The Bertz CT molecular complexity index is 1490. The van der Waals surface area contributed by atoms with Crippen molar-refractivity contribution in [3.8, 4) is 5.69 Å². The highest BCUT2D eigenvalue weighted by Gasteiger charge is 2.48. The molecule has 9 heteroatoms. The molecule has 1 aromatic heterocycles. The fourth-order valence-electron chi connectivity index (χ4n) is 6.35. The quantitative estimate of drug-likeness (QED) is 0.273. The zero-order valence-electron chi connectivity index (χ0n) is 28.2. The third-order valence-electron chi connectivity index (χ3n) is 9.72. The number of rotatable bonds is 11. The van der Waals surface area contributed by atoms with Crippen molar-refractivity contribution in [3.05, 3.63) is 65.9 Å². The summed E-state index contributed by atoms with van der Waals surface area (Å²) in [6.07, 6.45) is 2.20. The van der Waals surface area contributed by atoms with E-state index in [2.05, 4.69) is 39.8 Å². The van der Waals surface area contributed by atoms with Crippen LogP contribution in [0.5, 0.6) is 0 Å². The van der Waals surface area contributed by atoms with E-state index in [1.54, 1.807) is 11.8 Å². The number of para-hydroxylation sites is 1. The van der Waals surface area contributed by atoms with E-state index in [9.17, 15) is 14.7 Å². The van der Waals surface area contributed by atoms with Crippen LogP contribution in [0.1, 0.15) is 77.7 Å². The van der Waals surface area contributed by atoms with E-state index in [1.165, 1.54) is 0 Å². The van der Waals surface area contributed by atoms with Crippen molar-refractivity contribution in [1.29, 1.82) is 0 Å². The third kappa shape index (κ3) is 7.49. The molecule has 0 aliphatic carbocycles. The number of carbonyl (C=O) groups excluding carboxylic acids is 2. The van der Waals surface area contributed by atoms with E-state index in [0.29, 0.717) is 45.8 Å². The fourth-order valence-corrected chi connectivity index (χ4v) is 6.35. The van der Waals surface area contributed by atoms with Crippen molar-refractivity contribution in [2.24, 2.45) is 5.41 Å². The third-order valence-corrected chi connectivity index (χ3v) is 9.72. The summed E-state index contributed by atoms with van der Waals surface area (Å²) in [6, 6.07) is 17.9. The van der Waals surface area contributed by atoms with E-state index < -0.39 is 35.0 Å². The molecule has 2 aliphatic rings. The average molecular weight is 634 g/mol. The van der Waals surface area contributed by atoms with Gasteiger partial charge in [-0.15, -0.1) is 0 Å². The van der Waals surface area contributed by atoms with Gasteiger partial charge in [-0.3, -0.25) is 9.69 Å². The minimum absolute atomic E-state index is 0.418. The average Bonchev–Trinajstić information content (AvgIpc) is 3.43. The van der Waals surface area contributed by atoms with Gasteiger partial charge >= 0.3 is 5.97 Å². The van der Waals surface area contributed by atoms with Crippen LogP contribution in [0, 0.1) is 5.41 Å². The normalized spacial score (nSPS) is 20.0. The first-order valence-corrected chi connectivity index (χ1v) is 16.8. The maximum Gasteiger partial charge on any atom is 0.329 e. The lowest BCUT2D eigenvalue weighted by Gasteiger charge is -2.43. The molecule has 3 aromatic rings. The SMILES string of the molecule is CCOCc1cc2ccccc2n1-c1cccc([C@@H](CCN2CCOCC2)OC(=O)C2CCCCN2C(=O)C(C)(O)C(C)(C)C)c1. The van der Waals surface area contributed by atoms with E-state index >= 15 is 0 Å². The first-order valence-electron chi connectivity index (χ1n) is 16.8. The molecule has 3 atom stereocenters. The summed E-state index contributed by atoms with van der Waals surface area (Å²) in [5, 5.41) is 12.4. The summed E-state index contributed by atoms with van der Waals surface area (Å²) in [4.78, 5) is 31.6. The zero-order valence-corrected chi connectivity index (χ0v) is 28.2. The molecule has 2 unspecified atom stereocenters. The van der Waals surface area contributed by atoms with Gasteiger partial charge in [0.25, 0.3) is 5.91 Å². The van der Waals surface area contributed by atoms with Crippen LogP contribution in [0.15, 0.2) is 54.6 Å². The molecule has 9 nitrogen and oxygen atoms in total. The number of carbonyl (C=O) groups is 2. The number of hydrogen-bond donors (Lipinski definition) is 1. The van der Waals surface area contributed by atoms with E-state index in [4.69, 9.17) is 14.2 Å². The van der Waals surface area contributed by atoms with Crippen LogP contribution < -0.4 is 0 Å². The molecule has 2 saturated heterocycles.